The lowest BCUT2D eigenvalue weighted by molar-refractivity contribution is -0.447. The van der Waals surface area contributed by atoms with E-state index in [4.69, 9.17) is 19.5 Å². The fraction of sp³-hybridized carbons (Fsp3) is 0. The summed E-state index contributed by atoms with van der Waals surface area (Å²) in [6.45, 7) is 0. The molecule has 0 atom stereocenters. The Bertz CT molecular complexity index is 286. The normalized spacial score (nSPS) is 11.8. The molecule has 0 amide bonds. The van der Waals surface area contributed by atoms with Crippen LogP contribution < -0.4 is 5.32 Å². The summed E-state index contributed by atoms with van der Waals surface area (Å²) in [5, 5.41) is 1.89. The van der Waals surface area contributed by atoms with Crippen molar-refractivity contribution in [2.45, 2.75) is 0 Å². The van der Waals surface area contributed by atoms with Crippen molar-refractivity contribution in [3.8, 4) is 0 Å². The number of hydrogen-bond acceptors (Lipinski definition) is 3. The van der Waals surface area contributed by atoms with Crippen molar-refractivity contribution in [3.63, 3.8) is 0 Å². The lowest BCUT2D eigenvalue weighted by Gasteiger charge is -1.61. The molecule has 0 spiro atoms. The Morgan fingerprint density at radius 2 is 1.77 bits per heavy atom. The van der Waals surface area contributed by atoms with Gasteiger partial charge in [-0.15, -0.1) is 0 Å². The van der Waals surface area contributed by atoms with E-state index in [1.54, 1.807) is 12.5 Å². The Hall–Kier alpha value is -0.790. The van der Waals surface area contributed by atoms with Crippen LogP contribution in [0.5, 0.6) is 0 Å². The van der Waals surface area contributed by atoms with Gasteiger partial charge >= 0.3 is 8.26 Å². The van der Waals surface area contributed by atoms with Crippen LogP contribution in [0.4, 0.5) is 0 Å². The third-order valence-corrected chi connectivity index (χ3v) is 0.455. The molecule has 74 valence electrons. The van der Waals surface area contributed by atoms with Gasteiger partial charge in [-0.1, -0.05) is 0 Å². The minimum atomic E-state index is -3.72. The minimum Gasteiger partial charge on any atom is -0.373 e. The Morgan fingerprint density at radius 1 is 1.38 bits per heavy atom. The molecule has 1 aliphatic heterocycles. The van der Waals surface area contributed by atoms with Gasteiger partial charge in [-0.25, -0.2) is 4.99 Å². The first-order valence-corrected chi connectivity index (χ1v) is 5.69. The Labute approximate surface area is 83.4 Å². The van der Waals surface area contributed by atoms with Gasteiger partial charge in [-0.05, 0) is 0 Å². The molecule has 0 aromatic rings. The van der Waals surface area contributed by atoms with E-state index in [9.17, 15) is 0 Å². The van der Waals surface area contributed by atoms with Gasteiger partial charge < -0.3 is 11.1 Å². The second kappa shape index (κ2) is 9.30. The smallest absolute Gasteiger partial charge is 0.317 e. The van der Waals surface area contributed by atoms with Gasteiger partial charge in [0.05, 0.1) is 6.20 Å². The summed E-state index contributed by atoms with van der Waals surface area (Å²) >= 11 is 0. The maximum Gasteiger partial charge on any atom is 0.317 e. The average Bonchev–Trinajstić information content (AvgIpc) is 2.36. The molecular formula is C3H5Cl2N5O2S. The highest BCUT2D eigenvalue weighted by molar-refractivity contribution is 8.31. The zero-order valence-corrected chi connectivity index (χ0v) is 8.41. The standard InChI is InChI=1S/C3H4N2.Cl2O2S.N3/c1-2-5-3-4-1;1-5(2,3)4;1-3-2/h1-3H,(H,4,5);;/q;;-1/p+1. The Kier molecular flexibility index (Phi) is 10.5. The van der Waals surface area contributed by atoms with Crippen LogP contribution in [0.3, 0.4) is 0 Å². The molecule has 1 aliphatic rings. The topological polar surface area (TPSA) is 122 Å². The third-order valence-electron chi connectivity index (χ3n) is 0.455. The number of rotatable bonds is 0. The molecule has 0 fully saturated rings. The van der Waals surface area contributed by atoms with Crippen LogP contribution in [0, 0.1) is 0 Å². The number of quaternary nitrogens is 1. The van der Waals surface area contributed by atoms with Gasteiger partial charge in [-0.2, -0.15) is 8.42 Å². The van der Waals surface area contributed by atoms with Crippen LogP contribution >= 0.6 is 21.4 Å². The fourth-order valence-corrected chi connectivity index (χ4v) is 0.248. The first-order chi connectivity index (χ1) is 5.91. The van der Waals surface area contributed by atoms with Crippen molar-refractivity contribution < 1.29 is 13.7 Å². The number of halogens is 2. The third kappa shape index (κ3) is 53.6. The van der Waals surface area contributed by atoms with E-state index in [-0.39, 0.29) is 0 Å². The zero-order chi connectivity index (χ0) is 10.7. The van der Waals surface area contributed by atoms with E-state index in [1.165, 1.54) is 4.91 Å². The van der Waals surface area contributed by atoms with Crippen LogP contribution in [-0.2, 0) is 8.26 Å². The van der Waals surface area contributed by atoms with Crippen molar-refractivity contribution in [3.05, 3.63) is 28.4 Å². The molecule has 0 unspecified atom stereocenters. The summed E-state index contributed by atoms with van der Waals surface area (Å²) in [4.78, 5) is 5.22. The van der Waals surface area contributed by atoms with E-state index < -0.39 is 8.26 Å². The van der Waals surface area contributed by atoms with Crippen LogP contribution in [-0.4, -0.2) is 14.8 Å². The maximum atomic E-state index is 9.16. The summed E-state index contributed by atoms with van der Waals surface area (Å²) < 4.78 is 18.3. The predicted molar refractivity (Wildman–Crippen MR) is 50.3 cm³/mol. The van der Waals surface area contributed by atoms with E-state index in [1.807, 2.05) is 11.5 Å². The van der Waals surface area contributed by atoms with Crippen molar-refractivity contribution in [1.82, 2.24) is 0 Å². The average molecular weight is 246 g/mol. The van der Waals surface area contributed by atoms with Gasteiger partial charge in [-0.3, -0.25) is 10.2 Å². The first-order valence-electron chi connectivity index (χ1n) is 2.56. The van der Waals surface area contributed by atoms with E-state index in [0.29, 0.717) is 0 Å². The molecule has 0 aliphatic carbocycles. The van der Waals surface area contributed by atoms with Crippen LogP contribution in [0.25, 0.3) is 16.0 Å². The van der Waals surface area contributed by atoms with Gasteiger partial charge in [0.2, 0.25) is 0 Å². The molecule has 1 heterocycles. The van der Waals surface area contributed by atoms with Gasteiger partial charge in [0.15, 0.2) is 6.34 Å². The first kappa shape index (κ1) is 14.7. The quantitative estimate of drug-likeness (QED) is 0.291. The molecule has 1 rings (SSSR count). The fourth-order valence-electron chi connectivity index (χ4n) is 0.248. The molecule has 0 aromatic carbocycles. The lowest BCUT2D eigenvalue weighted by atomic mass is 11.0. The van der Waals surface area contributed by atoms with Crippen LogP contribution in [0.2, 0.25) is 0 Å². The molecule has 0 aromatic heterocycles. The zero-order valence-electron chi connectivity index (χ0n) is 6.08. The van der Waals surface area contributed by atoms with Crippen molar-refractivity contribution >= 4 is 36.0 Å². The molecule has 0 bridgehead atoms. The molecule has 10 heteroatoms. The summed E-state index contributed by atoms with van der Waals surface area (Å²) in [6, 6.07) is 0. The Balaban J connectivity index is 0. The van der Waals surface area contributed by atoms with Crippen LogP contribution in [0.15, 0.2) is 17.4 Å². The summed E-state index contributed by atoms with van der Waals surface area (Å²) in [7, 11) is 4.81. The highest BCUT2D eigenvalue weighted by Gasteiger charge is 1.88. The monoisotopic (exact) mass is 245 g/mol. The highest BCUT2D eigenvalue weighted by atomic mass is 36.0. The van der Waals surface area contributed by atoms with Crippen molar-refractivity contribution in [2.24, 2.45) is 4.99 Å². The summed E-state index contributed by atoms with van der Waals surface area (Å²) in [5.41, 5.74) is 13.5. The highest BCUT2D eigenvalue weighted by Crippen LogP contribution is 1.98. The molecule has 7 nitrogen and oxygen atoms in total. The number of nitrogens with two attached hydrogens (primary N) is 1. The van der Waals surface area contributed by atoms with Crippen molar-refractivity contribution in [2.75, 3.05) is 0 Å². The molecule has 13 heavy (non-hydrogen) atoms. The summed E-state index contributed by atoms with van der Waals surface area (Å²) in [6.07, 6.45) is 5.39. The van der Waals surface area contributed by atoms with E-state index in [0.717, 1.165) is 0 Å². The molecule has 0 saturated heterocycles. The summed E-state index contributed by atoms with van der Waals surface area (Å²) in [5.74, 6) is 0. The molecule has 2 N–H and O–H groups in total. The van der Waals surface area contributed by atoms with Gasteiger partial charge in [0.1, 0.15) is 6.20 Å². The minimum absolute atomic E-state index is 1.50. The second-order valence-electron chi connectivity index (χ2n) is 1.30. The van der Waals surface area contributed by atoms with E-state index in [2.05, 4.69) is 26.4 Å². The molecular weight excluding hydrogens is 241 g/mol. The van der Waals surface area contributed by atoms with Crippen molar-refractivity contribution in [1.29, 1.82) is 0 Å². The van der Waals surface area contributed by atoms with E-state index >= 15 is 0 Å². The molecule has 0 saturated carbocycles. The predicted octanol–water partition coefficient (Wildman–Crippen LogP) is 0.638. The van der Waals surface area contributed by atoms with Crippen LogP contribution in [0.1, 0.15) is 0 Å². The molecule has 0 radical (unpaired) electrons. The number of hydrogen-bond donors (Lipinski definition) is 1. The Morgan fingerprint density at radius 3 is 1.85 bits per heavy atom. The van der Waals surface area contributed by atoms with Gasteiger partial charge in [0, 0.05) is 21.4 Å². The number of nitrogens with zero attached hydrogens (tertiary/aromatic N) is 4. The van der Waals surface area contributed by atoms with Gasteiger partial charge in [0.25, 0.3) is 0 Å². The SMILES string of the molecule is C1=C[NH2+]C=N1.O=S(=O)(Cl)Cl.[N-]=[N+]=[N-]. The maximum absolute atomic E-state index is 9.16. The largest absolute Gasteiger partial charge is 0.373 e. The second-order valence-corrected chi connectivity index (χ2v) is 4.97. The lowest BCUT2D eigenvalue weighted by Crippen LogP contribution is -2.74. The number of aliphatic imine (C=N–C) groups is 1.